The molecule has 3 heteroatoms. The molecule has 1 aliphatic rings. The van der Waals surface area contributed by atoms with Crippen molar-refractivity contribution < 1.29 is 4.79 Å². The van der Waals surface area contributed by atoms with Crippen LogP contribution in [-0.2, 0) is 4.79 Å². The van der Waals surface area contributed by atoms with Crippen LogP contribution in [0.2, 0.25) is 0 Å². The number of rotatable bonds is 6. The number of amides is 1. The van der Waals surface area contributed by atoms with Crippen LogP contribution in [0.3, 0.4) is 0 Å². The molecule has 2 nitrogen and oxygen atoms in total. The molecular weight excluding hydrogens is 182 g/mol. The van der Waals surface area contributed by atoms with Crippen LogP contribution in [0, 0.1) is 0 Å². The molecule has 0 saturated heterocycles. The Morgan fingerprint density at radius 1 is 1.31 bits per heavy atom. The molecule has 1 rings (SSSR count). The predicted molar refractivity (Wildman–Crippen MR) is 58.3 cm³/mol. The smallest absolute Gasteiger partial charge is 0.256 e. The van der Waals surface area contributed by atoms with Crippen LogP contribution in [0.4, 0.5) is 0 Å². The maximum Gasteiger partial charge on any atom is 0.256 e. The fourth-order valence-corrected chi connectivity index (χ4v) is 2.17. The van der Waals surface area contributed by atoms with E-state index in [9.17, 15) is 4.79 Å². The van der Waals surface area contributed by atoms with Gasteiger partial charge in [-0.05, 0) is 12.8 Å². The largest absolute Gasteiger partial charge is 0.272 e. The van der Waals surface area contributed by atoms with Gasteiger partial charge in [-0.3, -0.25) is 4.79 Å². The van der Waals surface area contributed by atoms with Crippen LogP contribution in [0.5, 0.6) is 0 Å². The SMILES string of the molecule is CCCCCCCC1=NC(=O)CS1. The first-order valence-electron chi connectivity index (χ1n) is 5.06. The Labute approximate surface area is 84.2 Å². The van der Waals surface area contributed by atoms with E-state index in [1.165, 1.54) is 32.1 Å². The first kappa shape index (κ1) is 10.8. The number of hydrogen-bond donors (Lipinski definition) is 0. The van der Waals surface area contributed by atoms with E-state index in [0.29, 0.717) is 5.75 Å². The summed E-state index contributed by atoms with van der Waals surface area (Å²) in [5.74, 6) is 0.623. The monoisotopic (exact) mass is 199 g/mol. The van der Waals surface area contributed by atoms with E-state index in [-0.39, 0.29) is 5.91 Å². The molecule has 1 aliphatic heterocycles. The minimum atomic E-state index is 0.0496. The Bertz CT molecular complexity index is 201. The second-order valence-electron chi connectivity index (χ2n) is 3.35. The predicted octanol–water partition coefficient (Wildman–Crippen LogP) is 3.02. The molecule has 0 radical (unpaired) electrons. The normalized spacial score (nSPS) is 16.4. The topological polar surface area (TPSA) is 29.4 Å². The van der Waals surface area contributed by atoms with Gasteiger partial charge in [0, 0.05) is 0 Å². The van der Waals surface area contributed by atoms with Crippen molar-refractivity contribution in [2.24, 2.45) is 4.99 Å². The molecule has 0 saturated carbocycles. The van der Waals surface area contributed by atoms with E-state index in [4.69, 9.17) is 0 Å². The van der Waals surface area contributed by atoms with E-state index in [1.807, 2.05) is 0 Å². The van der Waals surface area contributed by atoms with Crippen LogP contribution in [0.1, 0.15) is 45.4 Å². The van der Waals surface area contributed by atoms with Crippen LogP contribution in [0.15, 0.2) is 4.99 Å². The number of hydrogen-bond acceptors (Lipinski definition) is 2. The molecule has 0 aromatic carbocycles. The van der Waals surface area contributed by atoms with Gasteiger partial charge in [0.15, 0.2) is 0 Å². The van der Waals surface area contributed by atoms with Gasteiger partial charge >= 0.3 is 0 Å². The van der Waals surface area contributed by atoms with Gasteiger partial charge in [-0.1, -0.05) is 32.6 Å². The minimum absolute atomic E-state index is 0.0496. The number of carbonyl (C=O) groups excluding carboxylic acids is 1. The third kappa shape index (κ3) is 4.46. The second kappa shape index (κ2) is 6.19. The maximum atomic E-state index is 10.8. The highest BCUT2D eigenvalue weighted by atomic mass is 32.2. The number of carbonyl (C=O) groups is 1. The molecule has 1 amide bonds. The molecule has 13 heavy (non-hydrogen) atoms. The molecule has 0 aliphatic carbocycles. The number of unbranched alkanes of at least 4 members (excludes halogenated alkanes) is 4. The Balaban J connectivity index is 2.00. The number of thioether (sulfide) groups is 1. The van der Waals surface area contributed by atoms with Gasteiger partial charge in [-0.2, -0.15) is 0 Å². The van der Waals surface area contributed by atoms with E-state index < -0.39 is 0 Å². The summed E-state index contributed by atoms with van der Waals surface area (Å²) in [5.41, 5.74) is 0. The molecule has 0 fully saturated rings. The summed E-state index contributed by atoms with van der Waals surface area (Å²) in [6, 6.07) is 0. The van der Waals surface area contributed by atoms with Crippen LogP contribution < -0.4 is 0 Å². The maximum absolute atomic E-state index is 10.8. The zero-order valence-corrected chi connectivity index (χ0v) is 9.03. The summed E-state index contributed by atoms with van der Waals surface area (Å²) in [7, 11) is 0. The summed E-state index contributed by atoms with van der Waals surface area (Å²) in [6.45, 7) is 2.22. The standard InChI is InChI=1S/C10H17NOS/c1-2-3-4-5-6-7-10-11-9(12)8-13-10/h2-8H2,1H3. The average molecular weight is 199 g/mol. The average Bonchev–Trinajstić information content (AvgIpc) is 2.51. The summed E-state index contributed by atoms with van der Waals surface area (Å²) in [4.78, 5) is 14.7. The van der Waals surface area contributed by atoms with Gasteiger partial charge in [0.1, 0.15) is 0 Å². The van der Waals surface area contributed by atoms with E-state index in [0.717, 1.165) is 11.5 Å². The van der Waals surface area contributed by atoms with Crippen molar-refractivity contribution in [2.75, 3.05) is 5.75 Å². The van der Waals surface area contributed by atoms with Crippen molar-refractivity contribution in [1.29, 1.82) is 0 Å². The van der Waals surface area contributed by atoms with Crippen molar-refractivity contribution in [3.05, 3.63) is 0 Å². The minimum Gasteiger partial charge on any atom is -0.272 e. The summed E-state index contributed by atoms with van der Waals surface area (Å²) >= 11 is 1.61. The van der Waals surface area contributed by atoms with Crippen molar-refractivity contribution in [1.82, 2.24) is 0 Å². The van der Waals surface area contributed by atoms with Gasteiger partial charge in [-0.25, -0.2) is 4.99 Å². The van der Waals surface area contributed by atoms with Gasteiger partial charge in [0.2, 0.25) is 0 Å². The Hall–Kier alpha value is -0.310. The number of aliphatic imine (C=N–C) groups is 1. The van der Waals surface area contributed by atoms with Gasteiger partial charge in [-0.15, -0.1) is 11.8 Å². The zero-order chi connectivity index (χ0) is 9.52. The first-order chi connectivity index (χ1) is 6.33. The van der Waals surface area contributed by atoms with E-state index in [1.54, 1.807) is 11.8 Å². The van der Waals surface area contributed by atoms with Crippen molar-refractivity contribution in [3.8, 4) is 0 Å². The fraction of sp³-hybridized carbons (Fsp3) is 0.800. The van der Waals surface area contributed by atoms with Gasteiger partial charge in [0.25, 0.3) is 5.91 Å². The Kier molecular flexibility index (Phi) is 5.13. The summed E-state index contributed by atoms with van der Waals surface area (Å²) in [5, 5.41) is 1.06. The van der Waals surface area contributed by atoms with Crippen molar-refractivity contribution in [2.45, 2.75) is 45.4 Å². The lowest BCUT2D eigenvalue weighted by atomic mass is 10.1. The lowest BCUT2D eigenvalue weighted by Crippen LogP contribution is -1.88. The Morgan fingerprint density at radius 2 is 2.08 bits per heavy atom. The molecule has 1 heterocycles. The third-order valence-electron chi connectivity index (χ3n) is 2.11. The molecule has 0 aromatic rings. The quantitative estimate of drug-likeness (QED) is 0.615. The molecular formula is C10H17NOS. The van der Waals surface area contributed by atoms with E-state index >= 15 is 0 Å². The highest BCUT2D eigenvalue weighted by Crippen LogP contribution is 2.18. The third-order valence-corrected chi connectivity index (χ3v) is 3.13. The molecule has 0 spiro atoms. The zero-order valence-electron chi connectivity index (χ0n) is 8.21. The summed E-state index contributed by atoms with van der Waals surface area (Å²) < 4.78 is 0. The van der Waals surface area contributed by atoms with Crippen LogP contribution in [0.25, 0.3) is 0 Å². The lowest BCUT2D eigenvalue weighted by Gasteiger charge is -1.98. The number of nitrogens with zero attached hydrogens (tertiary/aromatic N) is 1. The molecule has 74 valence electrons. The van der Waals surface area contributed by atoms with E-state index in [2.05, 4.69) is 11.9 Å². The molecule has 0 aromatic heterocycles. The lowest BCUT2D eigenvalue weighted by molar-refractivity contribution is -0.115. The van der Waals surface area contributed by atoms with Crippen molar-refractivity contribution in [3.63, 3.8) is 0 Å². The molecule has 0 unspecified atom stereocenters. The summed E-state index contributed by atoms with van der Waals surface area (Å²) in [6.07, 6.45) is 7.43. The first-order valence-corrected chi connectivity index (χ1v) is 6.04. The van der Waals surface area contributed by atoms with Gasteiger partial charge < -0.3 is 0 Å². The fourth-order valence-electron chi connectivity index (χ4n) is 1.36. The molecule has 0 bridgehead atoms. The highest BCUT2D eigenvalue weighted by Gasteiger charge is 2.13. The molecule has 0 atom stereocenters. The Morgan fingerprint density at radius 3 is 2.69 bits per heavy atom. The van der Waals surface area contributed by atoms with Gasteiger partial charge in [0.05, 0.1) is 10.8 Å². The van der Waals surface area contributed by atoms with Crippen molar-refractivity contribution >= 4 is 22.7 Å². The highest BCUT2D eigenvalue weighted by molar-refractivity contribution is 8.15. The molecule has 0 N–H and O–H groups in total. The van der Waals surface area contributed by atoms with Crippen LogP contribution >= 0.6 is 11.8 Å². The van der Waals surface area contributed by atoms with Crippen LogP contribution in [-0.4, -0.2) is 16.7 Å². The second-order valence-corrected chi connectivity index (χ2v) is 4.40.